The Bertz CT molecular complexity index is 658. The van der Waals surface area contributed by atoms with E-state index in [1.54, 1.807) is 0 Å². The van der Waals surface area contributed by atoms with E-state index in [1.165, 1.54) is 33.8 Å². The van der Waals surface area contributed by atoms with Crippen LogP contribution in [0, 0.1) is 20.8 Å². The van der Waals surface area contributed by atoms with Gasteiger partial charge in [-0.1, -0.05) is 48.5 Å². The van der Waals surface area contributed by atoms with E-state index in [0.717, 1.165) is 0 Å². The van der Waals surface area contributed by atoms with E-state index in [1.807, 2.05) is 0 Å². The molecule has 1 heteroatoms. The highest BCUT2D eigenvalue weighted by molar-refractivity contribution is 5.72. The summed E-state index contributed by atoms with van der Waals surface area (Å²) < 4.78 is 2.34. The molecule has 1 heterocycles. The lowest BCUT2D eigenvalue weighted by Crippen LogP contribution is -1.98. The summed E-state index contributed by atoms with van der Waals surface area (Å²) in [5.74, 6) is 0. The largest absolute Gasteiger partial charge is 0.318 e. The highest BCUT2D eigenvalue weighted by atomic mass is 15.0. The minimum atomic E-state index is 1.23. The zero-order chi connectivity index (χ0) is 14.1. The summed E-state index contributed by atoms with van der Waals surface area (Å²) in [5.41, 5.74) is 7.85. The molecule has 100 valence electrons. The topological polar surface area (TPSA) is 4.93 Å². The van der Waals surface area contributed by atoms with E-state index < -0.39 is 0 Å². The van der Waals surface area contributed by atoms with Gasteiger partial charge in [-0.2, -0.15) is 0 Å². The third kappa shape index (κ3) is 1.96. The highest BCUT2D eigenvalue weighted by Crippen LogP contribution is 2.33. The Hall–Kier alpha value is -2.28. The summed E-state index contributed by atoms with van der Waals surface area (Å²) in [6, 6.07) is 21.2. The van der Waals surface area contributed by atoms with Gasteiger partial charge in [-0.3, -0.25) is 0 Å². The van der Waals surface area contributed by atoms with Crippen molar-refractivity contribution in [2.45, 2.75) is 20.8 Å². The van der Waals surface area contributed by atoms with Crippen LogP contribution < -0.4 is 0 Å². The Labute approximate surface area is 120 Å². The first-order valence-corrected chi connectivity index (χ1v) is 6.99. The quantitative estimate of drug-likeness (QED) is 0.607. The summed E-state index contributed by atoms with van der Waals surface area (Å²) in [6.45, 7) is 6.61. The van der Waals surface area contributed by atoms with Gasteiger partial charge >= 0.3 is 0 Å². The molecule has 0 saturated carbocycles. The van der Waals surface area contributed by atoms with Gasteiger partial charge in [-0.15, -0.1) is 0 Å². The van der Waals surface area contributed by atoms with Crippen LogP contribution in [0.15, 0.2) is 60.7 Å². The van der Waals surface area contributed by atoms with Crippen LogP contribution in [-0.4, -0.2) is 4.57 Å². The number of aromatic nitrogens is 1. The first-order chi connectivity index (χ1) is 9.70. The van der Waals surface area contributed by atoms with Crippen LogP contribution in [0.1, 0.15) is 17.0 Å². The van der Waals surface area contributed by atoms with E-state index in [0.29, 0.717) is 0 Å². The molecule has 0 radical (unpaired) electrons. The van der Waals surface area contributed by atoms with Crippen molar-refractivity contribution in [2.24, 2.45) is 0 Å². The number of para-hydroxylation sites is 1. The monoisotopic (exact) mass is 261 g/mol. The second-order valence-corrected chi connectivity index (χ2v) is 5.21. The Kier molecular flexibility index (Phi) is 3.19. The number of hydrogen-bond acceptors (Lipinski definition) is 0. The predicted octanol–water partition coefficient (Wildman–Crippen LogP) is 5.07. The molecule has 0 aliphatic rings. The van der Waals surface area contributed by atoms with Gasteiger partial charge in [0.15, 0.2) is 0 Å². The molecular weight excluding hydrogens is 242 g/mol. The van der Waals surface area contributed by atoms with Crippen LogP contribution >= 0.6 is 0 Å². The van der Waals surface area contributed by atoms with Gasteiger partial charge in [0, 0.05) is 22.6 Å². The molecule has 0 saturated heterocycles. The average Bonchev–Trinajstić information content (AvgIpc) is 2.71. The van der Waals surface area contributed by atoms with Crippen LogP contribution in [-0.2, 0) is 0 Å². The van der Waals surface area contributed by atoms with Crippen LogP contribution in [0.5, 0.6) is 0 Å². The number of hydrogen-bond donors (Lipinski definition) is 0. The van der Waals surface area contributed by atoms with Crippen LogP contribution in [0.3, 0.4) is 0 Å². The van der Waals surface area contributed by atoms with Crippen molar-refractivity contribution in [2.75, 3.05) is 0 Å². The lowest BCUT2D eigenvalue weighted by atomic mass is 10.0. The molecule has 0 N–H and O–H groups in total. The third-order valence-electron chi connectivity index (χ3n) is 4.03. The molecule has 3 aromatic rings. The van der Waals surface area contributed by atoms with Gasteiger partial charge in [-0.25, -0.2) is 0 Å². The summed E-state index contributed by atoms with van der Waals surface area (Å²) in [7, 11) is 0. The molecule has 0 atom stereocenters. The minimum Gasteiger partial charge on any atom is -0.318 e. The summed E-state index contributed by atoms with van der Waals surface area (Å²) in [4.78, 5) is 0. The van der Waals surface area contributed by atoms with E-state index >= 15 is 0 Å². The van der Waals surface area contributed by atoms with Crippen LogP contribution in [0.25, 0.3) is 16.8 Å². The molecule has 1 nitrogen and oxygen atoms in total. The normalized spacial score (nSPS) is 10.8. The van der Waals surface area contributed by atoms with Gasteiger partial charge in [0.2, 0.25) is 0 Å². The SMILES string of the molecule is Cc1c(-c2ccccc2)c(C)n(-c2ccccc2)c1C. The molecule has 0 unspecified atom stereocenters. The van der Waals surface area contributed by atoms with E-state index in [4.69, 9.17) is 0 Å². The summed E-state index contributed by atoms with van der Waals surface area (Å²) >= 11 is 0. The lowest BCUT2D eigenvalue weighted by molar-refractivity contribution is 0.961. The zero-order valence-corrected chi connectivity index (χ0v) is 12.2. The molecule has 0 amide bonds. The van der Waals surface area contributed by atoms with Crippen molar-refractivity contribution in [1.29, 1.82) is 0 Å². The molecule has 2 aromatic carbocycles. The maximum atomic E-state index is 2.34. The van der Waals surface area contributed by atoms with Crippen molar-refractivity contribution >= 4 is 0 Å². The highest BCUT2D eigenvalue weighted by Gasteiger charge is 2.16. The molecular formula is C19H19N. The second-order valence-electron chi connectivity index (χ2n) is 5.21. The molecule has 20 heavy (non-hydrogen) atoms. The minimum absolute atomic E-state index is 1.23. The number of benzene rings is 2. The molecule has 0 aliphatic heterocycles. The smallest absolute Gasteiger partial charge is 0.0455 e. The van der Waals surface area contributed by atoms with Crippen molar-refractivity contribution in [1.82, 2.24) is 4.57 Å². The van der Waals surface area contributed by atoms with Gasteiger partial charge in [-0.05, 0) is 44.0 Å². The first kappa shape index (κ1) is 12.7. The van der Waals surface area contributed by atoms with Crippen molar-refractivity contribution < 1.29 is 0 Å². The van der Waals surface area contributed by atoms with E-state index in [2.05, 4.69) is 86.0 Å². The Balaban J connectivity index is 2.25. The third-order valence-corrected chi connectivity index (χ3v) is 4.03. The molecule has 3 rings (SSSR count). The van der Waals surface area contributed by atoms with Crippen molar-refractivity contribution in [3.05, 3.63) is 77.6 Å². The summed E-state index contributed by atoms with van der Waals surface area (Å²) in [6.07, 6.45) is 0. The zero-order valence-electron chi connectivity index (χ0n) is 12.2. The standard InChI is InChI=1S/C19H19N/c1-14-15(2)20(18-12-8-5-9-13-18)16(3)19(14)17-10-6-4-7-11-17/h4-13H,1-3H3. The Morgan fingerprint density at radius 2 is 1.20 bits per heavy atom. The molecule has 1 aromatic heterocycles. The van der Waals surface area contributed by atoms with Gasteiger partial charge < -0.3 is 4.57 Å². The predicted molar refractivity (Wildman–Crippen MR) is 85.4 cm³/mol. The Morgan fingerprint density at radius 1 is 0.650 bits per heavy atom. The fourth-order valence-corrected chi connectivity index (χ4v) is 2.98. The van der Waals surface area contributed by atoms with Gasteiger partial charge in [0.25, 0.3) is 0 Å². The number of nitrogens with zero attached hydrogens (tertiary/aromatic N) is 1. The second kappa shape index (κ2) is 5.01. The van der Waals surface area contributed by atoms with Crippen molar-refractivity contribution in [3.63, 3.8) is 0 Å². The fraction of sp³-hybridized carbons (Fsp3) is 0.158. The summed E-state index contributed by atoms with van der Waals surface area (Å²) in [5, 5.41) is 0. The van der Waals surface area contributed by atoms with Gasteiger partial charge in [0.05, 0.1) is 0 Å². The van der Waals surface area contributed by atoms with Crippen molar-refractivity contribution in [3.8, 4) is 16.8 Å². The molecule has 0 fully saturated rings. The van der Waals surface area contributed by atoms with Crippen LogP contribution in [0.2, 0.25) is 0 Å². The molecule has 0 spiro atoms. The maximum absolute atomic E-state index is 2.34. The fourth-order valence-electron chi connectivity index (χ4n) is 2.98. The van der Waals surface area contributed by atoms with E-state index in [-0.39, 0.29) is 0 Å². The average molecular weight is 261 g/mol. The molecule has 0 bridgehead atoms. The number of rotatable bonds is 2. The van der Waals surface area contributed by atoms with Crippen LogP contribution in [0.4, 0.5) is 0 Å². The first-order valence-electron chi connectivity index (χ1n) is 6.99. The molecule has 0 aliphatic carbocycles. The maximum Gasteiger partial charge on any atom is 0.0455 e. The van der Waals surface area contributed by atoms with E-state index in [9.17, 15) is 0 Å². The van der Waals surface area contributed by atoms with Gasteiger partial charge in [0.1, 0.15) is 0 Å². The lowest BCUT2D eigenvalue weighted by Gasteiger charge is -2.09. The Morgan fingerprint density at radius 3 is 1.80 bits per heavy atom.